The third-order valence-electron chi connectivity index (χ3n) is 1.59. The standard InChI is InChI=1S/C8H18N4S2.C2H4O2.H2O/c1-11-8(13)12-5-3-2-4-6-14-7(9)10;1-2(3)4;/h2-6H2,1H3,(H3,9,10)(H2,11,12,13);1H3,(H,3,4);1H2. The molecule has 0 aliphatic rings. The Morgan fingerprint density at radius 3 is 2.37 bits per heavy atom. The summed E-state index contributed by atoms with van der Waals surface area (Å²) in [6.07, 6.45) is 3.33. The SMILES string of the molecule is CC(=O)O.CNC(=S)NCCCCCSC(=N)N.O. The van der Waals surface area contributed by atoms with Gasteiger partial charge in [0.05, 0.1) is 0 Å². The second kappa shape index (κ2) is 16.9. The minimum absolute atomic E-state index is 0. The van der Waals surface area contributed by atoms with Crippen LogP contribution in [0.3, 0.4) is 0 Å². The van der Waals surface area contributed by atoms with Crippen molar-refractivity contribution >= 4 is 40.2 Å². The lowest BCUT2D eigenvalue weighted by molar-refractivity contribution is -0.134. The van der Waals surface area contributed by atoms with E-state index in [4.69, 9.17) is 33.3 Å². The van der Waals surface area contributed by atoms with Crippen molar-refractivity contribution < 1.29 is 15.4 Å². The fraction of sp³-hybridized carbons (Fsp3) is 0.700. The van der Waals surface area contributed by atoms with Crippen LogP contribution in [-0.2, 0) is 4.79 Å². The quantitative estimate of drug-likeness (QED) is 0.203. The molecule has 0 atom stereocenters. The van der Waals surface area contributed by atoms with Crippen LogP contribution in [0.2, 0.25) is 0 Å². The predicted octanol–water partition coefficient (Wildman–Crippen LogP) is 0.143. The Labute approximate surface area is 123 Å². The molecule has 8 N–H and O–H groups in total. The monoisotopic (exact) mass is 312 g/mol. The zero-order chi connectivity index (χ0) is 14.4. The molecule has 9 heteroatoms. The number of amidine groups is 1. The summed E-state index contributed by atoms with van der Waals surface area (Å²) in [6.45, 7) is 1.99. The van der Waals surface area contributed by atoms with Gasteiger partial charge in [0.15, 0.2) is 10.3 Å². The summed E-state index contributed by atoms with van der Waals surface area (Å²) in [5, 5.41) is 21.2. The van der Waals surface area contributed by atoms with Gasteiger partial charge in [-0.15, -0.1) is 0 Å². The van der Waals surface area contributed by atoms with Crippen LogP contribution >= 0.6 is 24.0 Å². The van der Waals surface area contributed by atoms with Crippen LogP contribution in [0.4, 0.5) is 0 Å². The van der Waals surface area contributed by atoms with Gasteiger partial charge in [0, 0.05) is 26.3 Å². The van der Waals surface area contributed by atoms with Crippen LogP contribution in [0.1, 0.15) is 26.2 Å². The molecule has 0 saturated heterocycles. The number of unbranched alkanes of at least 4 members (excludes halogenated alkanes) is 2. The summed E-state index contributed by atoms with van der Waals surface area (Å²) in [5.74, 6) is 0.103. The maximum absolute atomic E-state index is 9.00. The van der Waals surface area contributed by atoms with E-state index in [9.17, 15) is 0 Å². The first kappa shape index (κ1) is 23.1. The number of rotatable bonds is 6. The summed E-state index contributed by atoms with van der Waals surface area (Å²) in [6, 6.07) is 0. The van der Waals surface area contributed by atoms with E-state index in [0.717, 1.165) is 38.5 Å². The molecule has 0 aromatic heterocycles. The summed E-state index contributed by atoms with van der Waals surface area (Å²) < 4.78 is 0. The number of thioether (sulfide) groups is 1. The van der Waals surface area contributed by atoms with Crippen molar-refractivity contribution in [1.82, 2.24) is 10.6 Å². The van der Waals surface area contributed by atoms with Crippen LogP contribution in [0.15, 0.2) is 0 Å². The largest absolute Gasteiger partial charge is 0.481 e. The summed E-state index contributed by atoms with van der Waals surface area (Å²) in [5.41, 5.74) is 5.20. The van der Waals surface area contributed by atoms with Gasteiger partial charge in [-0.3, -0.25) is 10.2 Å². The topological polar surface area (TPSA) is 143 Å². The zero-order valence-electron chi connectivity index (χ0n) is 11.3. The molecule has 0 rings (SSSR count). The summed E-state index contributed by atoms with van der Waals surface area (Å²) >= 11 is 6.32. The molecule has 0 aromatic carbocycles. The van der Waals surface area contributed by atoms with Gasteiger partial charge in [0.25, 0.3) is 5.97 Å². The third kappa shape index (κ3) is 31.6. The highest BCUT2D eigenvalue weighted by molar-refractivity contribution is 8.13. The number of nitrogens with two attached hydrogens (primary N) is 1. The lowest BCUT2D eigenvalue weighted by Crippen LogP contribution is -2.32. The molecule has 114 valence electrons. The molecule has 0 aromatic rings. The van der Waals surface area contributed by atoms with Crippen LogP contribution in [-0.4, -0.2) is 46.2 Å². The summed E-state index contributed by atoms with van der Waals surface area (Å²) in [4.78, 5) is 9.00. The van der Waals surface area contributed by atoms with Gasteiger partial charge < -0.3 is 26.9 Å². The van der Waals surface area contributed by atoms with E-state index in [0.29, 0.717) is 5.11 Å². The van der Waals surface area contributed by atoms with Crippen LogP contribution in [0.5, 0.6) is 0 Å². The smallest absolute Gasteiger partial charge is 0.300 e. The Morgan fingerprint density at radius 1 is 1.42 bits per heavy atom. The highest BCUT2D eigenvalue weighted by Gasteiger charge is 1.93. The molecule has 19 heavy (non-hydrogen) atoms. The number of carboxylic acid groups (broad SMARTS) is 1. The van der Waals surface area contributed by atoms with Crippen molar-refractivity contribution in [2.24, 2.45) is 5.73 Å². The maximum Gasteiger partial charge on any atom is 0.300 e. The Hall–Kier alpha value is -1.06. The van der Waals surface area contributed by atoms with Crippen molar-refractivity contribution in [3.05, 3.63) is 0 Å². The van der Waals surface area contributed by atoms with Gasteiger partial charge >= 0.3 is 0 Å². The van der Waals surface area contributed by atoms with Gasteiger partial charge in [-0.1, -0.05) is 18.2 Å². The Kier molecular flexibility index (Phi) is 20.6. The first-order valence-electron chi connectivity index (χ1n) is 5.52. The average Bonchev–Trinajstić information content (AvgIpc) is 2.26. The molecule has 0 fully saturated rings. The molecule has 0 radical (unpaired) electrons. The normalized spacial score (nSPS) is 8.32. The van der Waals surface area contributed by atoms with Crippen molar-refractivity contribution in [3.63, 3.8) is 0 Å². The van der Waals surface area contributed by atoms with E-state index in [-0.39, 0.29) is 10.6 Å². The van der Waals surface area contributed by atoms with Gasteiger partial charge in [0.2, 0.25) is 0 Å². The Balaban J connectivity index is -0.000000448. The number of nitrogens with one attached hydrogen (secondary N) is 3. The first-order valence-corrected chi connectivity index (χ1v) is 6.91. The lowest BCUT2D eigenvalue weighted by atomic mass is 10.2. The molecule has 0 amide bonds. The molecule has 0 bridgehead atoms. The molecule has 0 aliphatic carbocycles. The molecular formula is C10H24N4O3S2. The number of hydrogen-bond acceptors (Lipinski definition) is 4. The van der Waals surface area contributed by atoms with E-state index in [1.54, 1.807) is 7.05 Å². The highest BCUT2D eigenvalue weighted by atomic mass is 32.2. The number of thiocarbonyl (C=S) groups is 1. The Morgan fingerprint density at radius 2 is 1.95 bits per heavy atom. The lowest BCUT2D eigenvalue weighted by Gasteiger charge is -2.06. The molecular weight excluding hydrogens is 288 g/mol. The second-order valence-electron chi connectivity index (χ2n) is 3.30. The number of aliphatic carboxylic acids is 1. The molecule has 7 nitrogen and oxygen atoms in total. The van der Waals surface area contributed by atoms with Crippen LogP contribution < -0.4 is 16.4 Å². The summed E-state index contributed by atoms with van der Waals surface area (Å²) in [7, 11) is 1.80. The molecule has 0 heterocycles. The molecule has 0 aliphatic heterocycles. The van der Waals surface area contributed by atoms with E-state index in [1.165, 1.54) is 11.8 Å². The minimum Gasteiger partial charge on any atom is -0.481 e. The average molecular weight is 312 g/mol. The van der Waals surface area contributed by atoms with Crippen LogP contribution in [0, 0.1) is 5.41 Å². The number of carbonyl (C=O) groups is 1. The van der Waals surface area contributed by atoms with E-state index in [1.807, 2.05) is 0 Å². The minimum atomic E-state index is -0.833. The van der Waals surface area contributed by atoms with E-state index < -0.39 is 5.97 Å². The van der Waals surface area contributed by atoms with Crippen LogP contribution in [0.25, 0.3) is 0 Å². The van der Waals surface area contributed by atoms with Gasteiger partial charge in [0.1, 0.15) is 0 Å². The second-order valence-corrected chi connectivity index (χ2v) is 4.84. The first-order chi connectivity index (χ1) is 8.40. The highest BCUT2D eigenvalue weighted by Crippen LogP contribution is 2.04. The van der Waals surface area contributed by atoms with Crippen molar-refractivity contribution in [2.45, 2.75) is 26.2 Å². The fourth-order valence-corrected chi connectivity index (χ4v) is 1.55. The van der Waals surface area contributed by atoms with Crippen molar-refractivity contribution in [1.29, 1.82) is 5.41 Å². The molecule has 0 unspecified atom stereocenters. The molecule has 0 spiro atoms. The Bertz CT molecular complexity index is 261. The predicted molar refractivity (Wildman–Crippen MR) is 84.8 cm³/mol. The number of carboxylic acids is 1. The van der Waals surface area contributed by atoms with E-state index >= 15 is 0 Å². The fourth-order valence-electron chi connectivity index (χ4n) is 0.876. The van der Waals surface area contributed by atoms with Crippen molar-refractivity contribution in [3.8, 4) is 0 Å². The van der Waals surface area contributed by atoms with Crippen molar-refractivity contribution in [2.75, 3.05) is 19.3 Å². The number of hydrogen-bond donors (Lipinski definition) is 5. The maximum atomic E-state index is 9.00. The van der Waals surface area contributed by atoms with Gasteiger partial charge in [-0.25, -0.2) is 0 Å². The third-order valence-corrected chi connectivity index (χ3v) is 2.74. The zero-order valence-corrected chi connectivity index (χ0v) is 12.9. The van der Waals surface area contributed by atoms with Gasteiger partial charge in [-0.2, -0.15) is 0 Å². The van der Waals surface area contributed by atoms with E-state index in [2.05, 4.69) is 10.6 Å². The molecule has 0 saturated carbocycles. The van der Waals surface area contributed by atoms with Gasteiger partial charge in [-0.05, 0) is 25.1 Å².